The molecule has 0 saturated heterocycles. The molecule has 3 rings (SSSR count). The predicted octanol–water partition coefficient (Wildman–Crippen LogP) is 5.68. The van der Waals surface area contributed by atoms with Gasteiger partial charge in [-0.2, -0.15) is 0 Å². The van der Waals surface area contributed by atoms with Crippen molar-refractivity contribution in [1.29, 1.82) is 0 Å². The summed E-state index contributed by atoms with van der Waals surface area (Å²) < 4.78 is 24.9. The van der Waals surface area contributed by atoms with Gasteiger partial charge in [0.1, 0.15) is 23.8 Å². The SMILES string of the molecule is CC(C)(C)OC(=O)N(CCCO)Cc1c(OCc2ccc(F)cc2)ccc2ccccc12. The quantitative estimate of drug-likeness (QED) is 0.491. The van der Waals surface area contributed by atoms with E-state index in [0.717, 1.165) is 21.9 Å². The first-order valence-corrected chi connectivity index (χ1v) is 10.7. The lowest BCUT2D eigenvalue weighted by molar-refractivity contribution is 0.0223. The van der Waals surface area contributed by atoms with Gasteiger partial charge in [-0.05, 0) is 61.7 Å². The molecule has 0 fully saturated rings. The maximum Gasteiger partial charge on any atom is 0.410 e. The van der Waals surface area contributed by atoms with Crippen molar-refractivity contribution in [2.24, 2.45) is 0 Å². The molecule has 0 atom stereocenters. The Balaban J connectivity index is 1.92. The molecule has 0 radical (unpaired) electrons. The van der Waals surface area contributed by atoms with Crippen LogP contribution in [0, 0.1) is 5.82 Å². The van der Waals surface area contributed by atoms with Crippen LogP contribution in [-0.4, -0.2) is 34.9 Å². The third kappa shape index (κ3) is 6.44. The van der Waals surface area contributed by atoms with Crippen LogP contribution < -0.4 is 4.74 Å². The van der Waals surface area contributed by atoms with E-state index >= 15 is 0 Å². The van der Waals surface area contributed by atoms with Gasteiger partial charge in [0.05, 0.1) is 6.54 Å². The van der Waals surface area contributed by atoms with E-state index in [-0.39, 0.29) is 25.6 Å². The number of aliphatic hydroxyl groups is 1. The van der Waals surface area contributed by atoms with Crippen LogP contribution in [0.4, 0.5) is 9.18 Å². The fraction of sp³-hybridized carbons (Fsp3) is 0.346. The van der Waals surface area contributed by atoms with Crippen molar-refractivity contribution in [3.05, 3.63) is 77.6 Å². The van der Waals surface area contributed by atoms with Gasteiger partial charge in [-0.25, -0.2) is 9.18 Å². The summed E-state index contributed by atoms with van der Waals surface area (Å²) in [6.07, 6.45) is -0.00107. The number of rotatable bonds is 8. The Morgan fingerprint density at radius 1 is 1.03 bits per heavy atom. The standard InChI is InChI=1S/C26H30FNO4/c1-26(2,3)32-25(30)28(15-6-16-29)17-23-22-8-5-4-7-20(22)11-14-24(23)31-18-19-9-12-21(27)13-10-19/h4-5,7-14,29H,6,15-18H2,1-3H3. The summed E-state index contributed by atoms with van der Waals surface area (Å²) in [5, 5.41) is 11.3. The molecule has 0 aliphatic heterocycles. The van der Waals surface area contributed by atoms with E-state index in [0.29, 0.717) is 18.7 Å². The lowest BCUT2D eigenvalue weighted by atomic mass is 10.0. The maximum atomic E-state index is 13.2. The smallest absolute Gasteiger partial charge is 0.410 e. The molecule has 0 aliphatic carbocycles. The Bertz CT molecular complexity index is 1040. The molecule has 1 amide bonds. The molecule has 0 spiro atoms. The first-order chi connectivity index (χ1) is 15.3. The van der Waals surface area contributed by atoms with Gasteiger partial charge in [0.15, 0.2) is 0 Å². The highest BCUT2D eigenvalue weighted by atomic mass is 19.1. The molecule has 32 heavy (non-hydrogen) atoms. The monoisotopic (exact) mass is 439 g/mol. The maximum absolute atomic E-state index is 13.2. The van der Waals surface area contributed by atoms with Gasteiger partial charge in [0.2, 0.25) is 0 Å². The number of fused-ring (bicyclic) bond motifs is 1. The predicted molar refractivity (Wildman–Crippen MR) is 123 cm³/mol. The molecule has 0 saturated carbocycles. The minimum Gasteiger partial charge on any atom is -0.489 e. The average Bonchev–Trinajstić information content (AvgIpc) is 2.75. The van der Waals surface area contributed by atoms with E-state index in [1.165, 1.54) is 12.1 Å². The van der Waals surface area contributed by atoms with Crippen molar-refractivity contribution in [3.8, 4) is 5.75 Å². The molecule has 0 bridgehead atoms. The summed E-state index contributed by atoms with van der Waals surface area (Å²) in [5.41, 5.74) is 1.07. The molecular formula is C26H30FNO4. The first kappa shape index (κ1) is 23.5. The number of aliphatic hydroxyl groups excluding tert-OH is 1. The molecule has 0 unspecified atom stereocenters. The summed E-state index contributed by atoms with van der Waals surface area (Å²) in [6, 6.07) is 17.9. The third-order valence-corrected chi connectivity index (χ3v) is 4.89. The zero-order chi connectivity index (χ0) is 23.1. The van der Waals surface area contributed by atoms with Crippen molar-refractivity contribution in [1.82, 2.24) is 4.90 Å². The first-order valence-electron chi connectivity index (χ1n) is 10.7. The highest BCUT2D eigenvalue weighted by Crippen LogP contribution is 2.30. The third-order valence-electron chi connectivity index (χ3n) is 4.89. The molecule has 3 aromatic carbocycles. The van der Waals surface area contributed by atoms with E-state index in [2.05, 4.69) is 0 Å². The molecule has 0 heterocycles. The van der Waals surface area contributed by atoms with E-state index in [1.54, 1.807) is 17.0 Å². The molecule has 6 heteroatoms. The Morgan fingerprint density at radius 3 is 2.44 bits per heavy atom. The van der Waals surface area contributed by atoms with Crippen LogP contribution in [0.3, 0.4) is 0 Å². The van der Waals surface area contributed by atoms with Gasteiger partial charge >= 0.3 is 6.09 Å². The average molecular weight is 440 g/mol. The number of halogens is 1. The van der Waals surface area contributed by atoms with Gasteiger partial charge in [-0.3, -0.25) is 0 Å². The van der Waals surface area contributed by atoms with Crippen LogP contribution in [0.15, 0.2) is 60.7 Å². The highest BCUT2D eigenvalue weighted by molar-refractivity contribution is 5.88. The van der Waals surface area contributed by atoms with Gasteiger partial charge in [0.25, 0.3) is 0 Å². The summed E-state index contributed by atoms with van der Waals surface area (Å²) in [4.78, 5) is 14.5. The number of hydrogen-bond donors (Lipinski definition) is 1. The van der Waals surface area contributed by atoms with Crippen molar-refractivity contribution in [3.63, 3.8) is 0 Å². The zero-order valence-electron chi connectivity index (χ0n) is 18.8. The van der Waals surface area contributed by atoms with Gasteiger partial charge in [-0.1, -0.05) is 42.5 Å². The van der Waals surface area contributed by atoms with Crippen molar-refractivity contribution in [2.45, 2.75) is 45.9 Å². The number of carbonyl (C=O) groups excluding carboxylic acids is 1. The highest BCUT2D eigenvalue weighted by Gasteiger charge is 2.24. The molecule has 3 aromatic rings. The molecule has 170 valence electrons. The van der Waals surface area contributed by atoms with E-state index in [4.69, 9.17) is 9.47 Å². The number of nitrogens with zero attached hydrogens (tertiary/aromatic N) is 1. The second-order valence-electron chi connectivity index (χ2n) is 8.66. The van der Waals surface area contributed by atoms with Crippen LogP contribution in [0.25, 0.3) is 10.8 Å². The number of ether oxygens (including phenoxy) is 2. The zero-order valence-corrected chi connectivity index (χ0v) is 18.8. The lowest BCUT2D eigenvalue weighted by Gasteiger charge is -2.28. The largest absolute Gasteiger partial charge is 0.489 e. The topological polar surface area (TPSA) is 59.0 Å². The summed E-state index contributed by atoms with van der Waals surface area (Å²) in [7, 11) is 0. The Morgan fingerprint density at radius 2 is 1.75 bits per heavy atom. The summed E-state index contributed by atoms with van der Waals surface area (Å²) >= 11 is 0. The van der Waals surface area contributed by atoms with E-state index in [9.17, 15) is 14.3 Å². The van der Waals surface area contributed by atoms with Crippen LogP contribution in [0.5, 0.6) is 5.75 Å². The Kier molecular flexibility index (Phi) is 7.70. The van der Waals surface area contributed by atoms with E-state index in [1.807, 2.05) is 57.2 Å². The second kappa shape index (κ2) is 10.5. The molecule has 5 nitrogen and oxygen atoms in total. The molecular weight excluding hydrogens is 409 g/mol. The number of hydrogen-bond acceptors (Lipinski definition) is 4. The molecule has 1 N–H and O–H groups in total. The van der Waals surface area contributed by atoms with Crippen molar-refractivity contribution in [2.75, 3.05) is 13.2 Å². The van der Waals surface area contributed by atoms with Crippen LogP contribution in [0.2, 0.25) is 0 Å². The fourth-order valence-corrected chi connectivity index (χ4v) is 3.37. The molecule has 0 aromatic heterocycles. The Hall–Kier alpha value is -3.12. The minimum atomic E-state index is -0.630. The number of benzene rings is 3. The lowest BCUT2D eigenvalue weighted by Crippen LogP contribution is -2.37. The fourth-order valence-electron chi connectivity index (χ4n) is 3.37. The van der Waals surface area contributed by atoms with E-state index < -0.39 is 11.7 Å². The van der Waals surface area contributed by atoms with Crippen LogP contribution >= 0.6 is 0 Å². The van der Waals surface area contributed by atoms with Gasteiger partial charge in [-0.15, -0.1) is 0 Å². The second-order valence-corrected chi connectivity index (χ2v) is 8.66. The van der Waals surface area contributed by atoms with Crippen LogP contribution in [-0.2, 0) is 17.9 Å². The molecule has 0 aliphatic rings. The number of amides is 1. The van der Waals surface area contributed by atoms with Crippen LogP contribution in [0.1, 0.15) is 38.3 Å². The summed E-state index contributed by atoms with van der Waals surface area (Å²) in [5.74, 6) is 0.350. The Labute approximate surface area is 188 Å². The van der Waals surface area contributed by atoms with Gasteiger partial charge < -0.3 is 19.5 Å². The minimum absolute atomic E-state index is 0.0250. The summed E-state index contributed by atoms with van der Waals surface area (Å²) in [6.45, 7) is 6.34. The number of carbonyl (C=O) groups is 1. The van der Waals surface area contributed by atoms with Crippen molar-refractivity contribution < 1.29 is 23.8 Å². The normalized spacial score (nSPS) is 11.4. The van der Waals surface area contributed by atoms with Gasteiger partial charge in [0, 0.05) is 18.7 Å². The van der Waals surface area contributed by atoms with Crippen molar-refractivity contribution >= 4 is 16.9 Å².